The smallest absolute Gasteiger partial charge is 0.265 e. The Labute approximate surface area is 162 Å². The van der Waals surface area contributed by atoms with E-state index >= 15 is 0 Å². The number of rotatable bonds is 7. The minimum Gasteiger partial charge on any atom is -0.479 e. The number of anilines is 1. The predicted molar refractivity (Wildman–Crippen MR) is 104 cm³/mol. The maximum absolute atomic E-state index is 12.3. The lowest BCUT2D eigenvalue weighted by Crippen LogP contribution is -2.30. The van der Waals surface area contributed by atoms with Gasteiger partial charge in [-0.05, 0) is 49.7 Å². The van der Waals surface area contributed by atoms with Gasteiger partial charge in [0.25, 0.3) is 11.8 Å². The van der Waals surface area contributed by atoms with Gasteiger partial charge >= 0.3 is 0 Å². The number of amides is 2. The lowest BCUT2D eigenvalue weighted by Gasteiger charge is -2.16. The predicted octanol–water partition coefficient (Wildman–Crippen LogP) is 4.54. The molecule has 0 saturated heterocycles. The van der Waals surface area contributed by atoms with Crippen molar-refractivity contribution in [1.82, 2.24) is 5.32 Å². The molecule has 0 spiro atoms. The Morgan fingerprint density at radius 1 is 1.15 bits per heavy atom. The van der Waals surface area contributed by atoms with E-state index in [-0.39, 0.29) is 11.8 Å². The monoisotopic (exact) mass is 394 g/mol. The molecule has 7 heteroatoms. The van der Waals surface area contributed by atoms with Crippen molar-refractivity contribution in [3.8, 4) is 5.75 Å². The average molecular weight is 395 g/mol. The first-order chi connectivity index (χ1) is 12.4. The van der Waals surface area contributed by atoms with E-state index < -0.39 is 6.10 Å². The normalized spacial score (nSPS) is 11.5. The van der Waals surface area contributed by atoms with Gasteiger partial charge in [-0.25, -0.2) is 0 Å². The summed E-state index contributed by atoms with van der Waals surface area (Å²) < 4.78 is 5.58. The Hall–Kier alpha value is -2.24. The third-order valence-corrected chi connectivity index (χ3v) is 4.03. The second-order valence-electron chi connectivity index (χ2n) is 5.66. The Morgan fingerprint density at radius 3 is 2.62 bits per heavy atom. The van der Waals surface area contributed by atoms with Gasteiger partial charge in [0.1, 0.15) is 5.75 Å². The SMILES string of the molecule is CCCNC(=O)c1cccc(NC(=O)C(C)Oc2ccc(Cl)cc2Cl)c1. The fraction of sp³-hybridized carbons (Fsp3) is 0.263. The molecule has 138 valence electrons. The Morgan fingerprint density at radius 2 is 1.92 bits per heavy atom. The number of ether oxygens (including phenoxy) is 1. The van der Waals surface area contributed by atoms with E-state index in [9.17, 15) is 9.59 Å². The van der Waals surface area contributed by atoms with E-state index in [4.69, 9.17) is 27.9 Å². The van der Waals surface area contributed by atoms with Crippen LogP contribution in [-0.2, 0) is 4.79 Å². The second-order valence-corrected chi connectivity index (χ2v) is 6.50. The molecule has 2 aromatic carbocycles. The summed E-state index contributed by atoms with van der Waals surface area (Å²) in [4.78, 5) is 24.4. The van der Waals surface area contributed by atoms with Crippen LogP contribution in [0.25, 0.3) is 0 Å². The van der Waals surface area contributed by atoms with Crippen molar-refractivity contribution in [2.24, 2.45) is 0 Å². The minimum atomic E-state index is -0.786. The molecule has 0 aromatic heterocycles. The molecule has 0 radical (unpaired) electrons. The Kier molecular flexibility index (Phi) is 7.30. The highest BCUT2D eigenvalue weighted by atomic mass is 35.5. The van der Waals surface area contributed by atoms with Gasteiger partial charge < -0.3 is 15.4 Å². The molecule has 5 nitrogen and oxygen atoms in total. The van der Waals surface area contributed by atoms with Crippen LogP contribution in [0.5, 0.6) is 5.75 Å². The molecule has 0 aliphatic carbocycles. The van der Waals surface area contributed by atoms with Gasteiger partial charge in [-0.1, -0.05) is 36.2 Å². The fourth-order valence-corrected chi connectivity index (χ4v) is 2.59. The summed E-state index contributed by atoms with van der Waals surface area (Å²) in [5.41, 5.74) is 0.988. The number of hydrogen-bond acceptors (Lipinski definition) is 3. The van der Waals surface area contributed by atoms with Crippen molar-refractivity contribution in [3.05, 3.63) is 58.1 Å². The van der Waals surface area contributed by atoms with E-state index in [1.54, 1.807) is 49.4 Å². The van der Waals surface area contributed by atoms with Crippen molar-refractivity contribution in [2.45, 2.75) is 26.4 Å². The third-order valence-electron chi connectivity index (χ3n) is 3.49. The van der Waals surface area contributed by atoms with Crippen molar-refractivity contribution in [2.75, 3.05) is 11.9 Å². The molecule has 0 aliphatic heterocycles. The number of halogens is 2. The van der Waals surface area contributed by atoms with Crippen LogP contribution in [0.1, 0.15) is 30.6 Å². The van der Waals surface area contributed by atoms with Crippen LogP contribution in [-0.4, -0.2) is 24.5 Å². The lowest BCUT2D eigenvalue weighted by molar-refractivity contribution is -0.122. The number of hydrogen-bond donors (Lipinski definition) is 2. The summed E-state index contributed by atoms with van der Waals surface area (Å²) in [7, 11) is 0. The van der Waals surface area contributed by atoms with Crippen molar-refractivity contribution < 1.29 is 14.3 Å². The molecule has 0 heterocycles. The van der Waals surface area contributed by atoms with Crippen LogP contribution in [0.3, 0.4) is 0 Å². The minimum absolute atomic E-state index is 0.180. The highest BCUT2D eigenvalue weighted by molar-refractivity contribution is 6.35. The van der Waals surface area contributed by atoms with Gasteiger partial charge in [0.15, 0.2) is 6.10 Å². The maximum atomic E-state index is 12.3. The molecule has 26 heavy (non-hydrogen) atoms. The summed E-state index contributed by atoms with van der Waals surface area (Å²) in [5, 5.41) is 6.33. The molecule has 1 unspecified atom stereocenters. The standard InChI is InChI=1S/C19H20Cl2N2O3/c1-3-9-22-19(25)13-5-4-6-15(10-13)23-18(24)12(2)26-17-8-7-14(20)11-16(17)21/h4-8,10-12H,3,9H2,1-2H3,(H,22,25)(H,23,24). The van der Waals surface area contributed by atoms with Gasteiger partial charge in [-0.2, -0.15) is 0 Å². The van der Waals surface area contributed by atoms with Crippen LogP contribution >= 0.6 is 23.2 Å². The average Bonchev–Trinajstić information content (AvgIpc) is 2.62. The summed E-state index contributed by atoms with van der Waals surface area (Å²) in [6.45, 7) is 4.19. The van der Waals surface area contributed by atoms with E-state index in [0.29, 0.717) is 33.6 Å². The highest BCUT2D eigenvalue weighted by Gasteiger charge is 2.17. The van der Waals surface area contributed by atoms with Crippen molar-refractivity contribution in [1.29, 1.82) is 0 Å². The molecule has 0 aliphatic rings. The summed E-state index contributed by atoms with van der Waals surface area (Å²) >= 11 is 11.9. The van der Waals surface area contributed by atoms with Gasteiger partial charge in [-0.15, -0.1) is 0 Å². The molecule has 0 saturated carbocycles. The first kappa shape index (κ1) is 20.1. The van der Waals surface area contributed by atoms with Gasteiger partial charge in [0.05, 0.1) is 5.02 Å². The van der Waals surface area contributed by atoms with Gasteiger partial charge in [0, 0.05) is 22.8 Å². The molecular formula is C19H20Cl2N2O3. The topological polar surface area (TPSA) is 67.4 Å². The van der Waals surface area contributed by atoms with Crippen LogP contribution in [0.2, 0.25) is 10.0 Å². The lowest BCUT2D eigenvalue weighted by atomic mass is 10.2. The van der Waals surface area contributed by atoms with Crippen molar-refractivity contribution in [3.63, 3.8) is 0 Å². The largest absolute Gasteiger partial charge is 0.479 e. The zero-order chi connectivity index (χ0) is 19.1. The second kappa shape index (κ2) is 9.46. The highest BCUT2D eigenvalue weighted by Crippen LogP contribution is 2.28. The van der Waals surface area contributed by atoms with Gasteiger partial charge in [0.2, 0.25) is 0 Å². The van der Waals surface area contributed by atoms with Crippen LogP contribution in [0.15, 0.2) is 42.5 Å². The van der Waals surface area contributed by atoms with Crippen molar-refractivity contribution >= 4 is 40.7 Å². The molecule has 2 N–H and O–H groups in total. The van der Waals surface area contributed by atoms with E-state index in [1.165, 1.54) is 0 Å². The maximum Gasteiger partial charge on any atom is 0.265 e. The summed E-state index contributed by atoms with van der Waals surface area (Å²) in [6.07, 6.45) is 0.0656. The number of nitrogens with one attached hydrogen (secondary N) is 2. The number of benzene rings is 2. The fourth-order valence-electron chi connectivity index (χ4n) is 2.14. The first-order valence-corrected chi connectivity index (χ1v) is 8.97. The summed E-state index contributed by atoms with van der Waals surface area (Å²) in [6, 6.07) is 11.5. The van der Waals surface area contributed by atoms with E-state index in [1.807, 2.05) is 6.92 Å². The number of carbonyl (C=O) groups is 2. The first-order valence-electron chi connectivity index (χ1n) is 8.21. The molecule has 2 aromatic rings. The molecule has 2 amide bonds. The zero-order valence-electron chi connectivity index (χ0n) is 14.5. The molecule has 0 fully saturated rings. The summed E-state index contributed by atoms with van der Waals surface area (Å²) in [5.74, 6) is -0.172. The van der Waals surface area contributed by atoms with Crippen LogP contribution in [0.4, 0.5) is 5.69 Å². The Balaban J connectivity index is 2.01. The van der Waals surface area contributed by atoms with E-state index in [0.717, 1.165) is 6.42 Å². The molecular weight excluding hydrogens is 375 g/mol. The van der Waals surface area contributed by atoms with Gasteiger partial charge in [-0.3, -0.25) is 9.59 Å². The third kappa shape index (κ3) is 5.64. The van der Waals surface area contributed by atoms with Crippen LogP contribution < -0.4 is 15.4 Å². The zero-order valence-corrected chi connectivity index (χ0v) is 16.0. The molecule has 1 atom stereocenters. The molecule has 2 rings (SSSR count). The van der Waals surface area contributed by atoms with E-state index in [2.05, 4.69) is 10.6 Å². The quantitative estimate of drug-likeness (QED) is 0.724. The van der Waals surface area contributed by atoms with Crippen LogP contribution in [0, 0.1) is 0 Å². The molecule has 0 bridgehead atoms. The Bertz CT molecular complexity index is 796. The number of carbonyl (C=O) groups excluding carboxylic acids is 2.